The van der Waals surface area contributed by atoms with Crippen LogP contribution in [0.1, 0.15) is 23.2 Å². The number of pyridine rings is 1. The summed E-state index contributed by atoms with van der Waals surface area (Å²) in [6.07, 6.45) is 0.915. The third-order valence-corrected chi connectivity index (χ3v) is 4.77. The van der Waals surface area contributed by atoms with Crippen LogP contribution in [0.25, 0.3) is 10.9 Å². The van der Waals surface area contributed by atoms with Crippen molar-refractivity contribution in [2.24, 2.45) is 5.41 Å². The van der Waals surface area contributed by atoms with Gasteiger partial charge in [-0.2, -0.15) is 0 Å². The molecule has 26 heavy (non-hydrogen) atoms. The van der Waals surface area contributed by atoms with Crippen molar-refractivity contribution in [1.82, 2.24) is 9.88 Å². The second-order valence-corrected chi connectivity index (χ2v) is 6.59. The van der Waals surface area contributed by atoms with Gasteiger partial charge in [-0.3, -0.25) is 14.4 Å². The predicted octanol–water partition coefficient (Wildman–Crippen LogP) is 1.62. The molecule has 1 aliphatic rings. The molecule has 138 valence electrons. The molecule has 1 amide bonds. The molecule has 2 N–H and O–H groups in total. The maximum absolute atomic E-state index is 13.4. The van der Waals surface area contributed by atoms with E-state index in [0.29, 0.717) is 24.8 Å². The van der Waals surface area contributed by atoms with Crippen LogP contribution in [0.2, 0.25) is 0 Å². The molecule has 1 fully saturated rings. The SMILES string of the molecule is COCC1(C(=O)O)CCCN(C(=O)c2cc(=O)[nH]c3cc(F)ccc23)C1. The summed E-state index contributed by atoms with van der Waals surface area (Å²) in [4.78, 5) is 40.6. The van der Waals surface area contributed by atoms with Crippen LogP contribution in [0.15, 0.2) is 29.1 Å². The molecule has 1 atom stereocenters. The van der Waals surface area contributed by atoms with Crippen LogP contribution in [0, 0.1) is 11.2 Å². The zero-order valence-electron chi connectivity index (χ0n) is 14.3. The first-order chi connectivity index (χ1) is 12.4. The number of hydrogen-bond acceptors (Lipinski definition) is 4. The van der Waals surface area contributed by atoms with Crippen LogP contribution in [0.4, 0.5) is 4.39 Å². The molecule has 7 nitrogen and oxygen atoms in total. The van der Waals surface area contributed by atoms with Crippen molar-refractivity contribution in [2.75, 3.05) is 26.8 Å². The fraction of sp³-hybridized carbons (Fsp3) is 0.389. The molecule has 1 unspecified atom stereocenters. The number of nitrogens with one attached hydrogen (secondary N) is 1. The number of hydrogen-bond donors (Lipinski definition) is 2. The van der Waals surface area contributed by atoms with E-state index in [1.165, 1.54) is 24.1 Å². The van der Waals surface area contributed by atoms with Gasteiger partial charge in [0.2, 0.25) is 5.56 Å². The molecule has 1 aliphatic heterocycles. The van der Waals surface area contributed by atoms with E-state index in [1.54, 1.807) is 0 Å². The summed E-state index contributed by atoms with van der Waals surface area (Å²) >= 11 is 0. The smallest absolute Gasteiger partial charge is 0.313 e. The number of rotatable bonds is 4. The number of carboxylic acid groups (broad SMARTS) is 1. The first-order valence-electron chi connectivity index (χ1n) is 8.20. The third-order valence-electron chi connectivity index (χ3n) is 4.77. The molecule has 0 radical (unpaired) electrons. The van der Waals surface area contributed by atoms with Gasteiger partial charge in [-0.15, -0.1) is 0 Å². The lowest BCUT2D eigenvalue weighted by atomic mass is 9.80. The van der Waals surface area contributed by atoms with Gasteiger partial charge in [0.25, 0.3) is 5.91 Å². The summed E-state index contributed by atoms with van der Waals surface area (Å²) in [5.74, 6) is -2.00. The number of benzene rings is 1. The average Bonchev–Trinajstić information content (AvgIpc) is 2.60. The van der Waals surface area contributed by atoms with E-state index in [0.717, 1.165) is 12.1 Å². The standard InChI is InChI=1S/C18H19FN2O5/c1-26-10-18(17(24)25)5-2-6-21(9-18)16(23)13-8-15(22)20-14-7-11(19)3-4-12(13)14/h3-4,7-8H,2,5-6,9-10H2,1H3,(H,20,22)(H,24,25). The highest BCUT2D eigenvalue weighted by molar-refractivity contribution is 6.06. The van der Waals surface area contributed by atoms with Crippen molar-refractivity contribution in [3.05, 3.63) is 46.0 Å². The van der Waals surface area contributed by atoms with Crippen molar-refractivity contribution in [3.63, 3.8) is 0 Å². The summed E-state index contributed by atoms with van der Waals surface area (Å²) in [5, 5.41) is 10.0. The van der Waals surface area contributed by atoms with Gasteiger partial charge in [0.15, 0.2) is 0 Å². The van der Waals surface area contributed by atoms with Gasteiger partial charge < -0.3 is 19.7 Å². The summed E-state index contributed by atoms with van der Waals surface area (Å²) in [6, 6.07) is 4.95. The molecule has 1 saturated heterocycles. The summed E-state index contributed by atoms with van der Waals surface area (Å²) in [5.41, 5.74) is -1.35. The van der Waals surface area contributed by atoms with Crippen molar-refractivity contribution in [1.29, 1.82) is 0 Å². The van der Waals surface area contributed by atoms with Gasteiger partial charge in [-0.05, 0) is 31.0 Å². The Morgan fingerprint density at radius 1 is 1.38 bits per heavy atom. The number of halogens is 1. The molecule has 8 heteroatoms. The number of amides is 1. The summed E-state index contributed by atoms with van der Waals surface area (Å²) < 4.78 is 18.5. The first-order valence-corrected chi connectivity index (χ1v) is 8.20. The molecule has 0 spiro atoms. The molecule has 3 rings (SSSR count). The fourth-order valence-corrected chi connectivity index (χ4v) is 3.52. The molecule has 0 aliphatic carbocycles. The molecule has 1 aromatic heterocycles. The number of aromatic nitrogens is 1. The Bertz CT molecular complexity index is 921. The number of fused-ring (bicyclic) bond motifs is 1. The number of ether oxygens (including phenoxy) is 1. The number of carboxylic acids is 1. The highest BCUT2D eigenvalue weighted by atomic mass is 19.1. The largest absolute Gasteiger partial charge is 0.481 e. The van der Waals surface area contributed by atoms with Crippen LogP contribution in [-0.2, 0) is 9.53 Å². The Hall–Kier alpha value is -2.74. The van der Waals surface area contributed by atoms with Crippen LogP contribution in [-0.4, -0.2) is 53.7 Å². The Balaban J connectivity index is 2.00. The molecule has 0 bridgehead atoms. The van der Waals surface area contributed by atoms with E-state index < -0.39 is 28.7 Å². The molecule has 2 aromatic rings. The Morgan fingerprint density at radius 2 is 2.15 bits per heavy atom. The number of carbonyl (C=O) groups excluding carboxylic acids is 1. The zero-order chi connectivity index (χ0) is 18.9. The number of likely N-dealkylation sites (tertiary alicyclic amines) is 1. The highest BCUT2D eigenvalue weighted by Gasteiger charge is 2.44. The minimum atomic E-state index is -1.17. The zero-order valence-corrected chi connectivity index (χ0v) is 14.3. The molecule has 1 aromatic carbocycles. The van der Waals surface area contributed by atoms with E-state index in [9.17, 15) is 23.9 Å². The van der Waals surface area contributed by atoms with E-state index in [2.05, 4.69) is 4.98 Å². The van der Waals surface area contributed by atoms with Crippen molar-refractivity contribution < 1.29 is 23.8 Å². The quantitative estimate of drug-likeness (QED) is 0.861. The topological polar surface area (TPSA) is 99.7 Å². The van der Waals surface area contributed by atoms with E-state index in [-0.39, 0.29) is 24.2 Å². The van der Waals surface area contributed by atoms with Crippen molar-refractivity contribution in [3.8, 4) is 0 Å². The van der Waals surface area contributed by atoms with E-state index in [4.69, 9.17) is 4.74 Å². The third kappa shape index (κ3) is 3.20. The monoisotopic (exact) mass is 362 g/mol. The Kier molecular flexibility index (Phi) is 4.78. The lowest BCUT2D eigenvalue weighted by Gasteiger charge is -2.39. The minimum Gasteiger partial charge on any atom is -0.481 e. The Morgan fingerprint density at radius 3 is 2.85 bits per heavy atom. The van der Waals surface area contributed by atoms with Crippen molar-refractivity contribution >= 4 is 22.8 Å². The Labute approximate surface area is 148 Å². The van der Waals surface area contributed by atoms with E-state index in [1.807, 2.05) is 0 Å². The fourth-order valence-electron chi connectivity index (χ4n) is 3.52. The number of methoxy groups -OCH3 is 1. The number of aliphatic carboxylic acids is 1. The maximum atomic E-state index is 13.4. The summed E-state index contributed by atoms with van der Waals surface area (Å²) in [7, 11) is 1.42. The lowest BCUT2D eigenvalue weighted by molar-refractivity contribution is -0.155. The van der Waals surface area contributed by atoms with Gasteiger partial charge in [-0.25, -0.2) is 4.39 Å². The number of carbonyl (C=O) groups is 2. The maximum Gasteiger partial charge on any atom is 0.313 e. The molecular weight excluding hydrogens is 343 g/mol. The van der Waals surface area contributed by atoms with Crippen molar-refractivity contribution in [2.45, 2.75) is 12.8 Å². The molecule has 2 heterocycles. The first kappa shape index (κ1) is 18.1. The van der Waals surface area contributed by atoms with Crippen LogP contribution in [0.5, 0.6) is 0 Å². The van der Waals surface area contributed by atoms with Crippen LogP contribution >= 0.6 is 0 Å². The van der Waals surface area contributed by atoms with E-state index >= 15 is 0 Å². The number of aromatic amines is 1. The second-order valence-electron chi connectivity index (χ2n) is 6.59. The second kappa shape index (κ2) is 6.87. The number of nitrogens with zero attached hydrogens (tertiary/aromatic N) is 1. The van der Waals surface area contributed by atoms with Gasteiger partial charge in [0.1, 0.15) is 11.2 Å². The van der Waals surface area contributed by atoms with Crippen LogP contribution in [0.3, 0.4) is 0 Å². The van der Waals surface area contributed by atoms with Gasteiger partial charge in [0.05, 0.1) is 17.7 Å². The number of piperidine rings is 1. The minimum absolute atomic E-state index is 0.00650. The van der Waals surface area contributed by atoms with Gasteiger partial charge in [0, 0.05) is 31.7 Å². The van der Waals surface area contributed by atoms with Crippen LogP contribution < -0.4 is 5.56 Å². The normalized spacial score (nSPS) is 20.3. The number of H-pyrrole nitrogens is 1. The summed E-state index contributed by atoms with van der Waals surface area (Å²) in [6.45, 7) is 0.366. The van der Waals surface area contributed by atoms with Gasteiger partial charge in [-0.1, -0.05) is 0 Å². The molecular formula is C18H19FN2O5. The van der Waals surface area contributed by atoms with Gasteiger partial charge >= 0.3 is 5.97 Å². The predicted molar refractivity (Wildman–Crippen MR) is 91.6 cm³/mol. The molecule has 0 saturated carbocycles. The lowest BCUT2D eigenvalue weighted by Crippen LogP contribution is -2.52. The highest BCUT2D eigenvalue weighted by Crippen LogP contribution is 2.32. The average molecular weight is 362 g/mol.